The van der Waals surface area contributed by atoms with E-state index in [0.717, 1.165) is 24.9 Å². The van der Waals surface area contributed by atoms with Crippen LogP contribution in [-0.4, -0.2) is 28.3 Å². The Labute approximate surface area is 147 Å². The highest BCUT2D eigenvalue weighted by atomic mass is 16.2. The Hall–Kier alpha value is -2.96. The van der Waals surface area contributed by atoms with Gasteiger partial charge in [0, 0.05) is 24.8 Å². The van der Waals surface area contributed by atoms with E-state index in [4.69, 9.17) is 0 Å². The first-order valence-electron chi connectivity index (χ1n) is 8.33. The second kappa shape index (κ2) is 9.36. The van der Waals surface area contributed by atoms with Gasteiger partial charge in [-0.1, -0.05) is 25.8 Å². The van der Waals surface area contributed by atoms with Gasteiger partial charge in [0.05, 0.1) is 12.4 Å². The van der Waals surface area contributed by atoms with Crippen LogP contribution in [0, 0.1) is 0 Å². The van der Waals surface area contributed by atoms with Crippen LogP contribution in [0.1, 0.15) is 43.6 Å². The van der Waals surface area contributed by atoms with Gasteiger partial charge < -0.3 is 16.0 Å². The third-order valence-corrected chi connectivity index (χ3v) is 3.41. The maximum absolute atomic E-state index is 12.0. The Morgan fingerprint density at radius 1 is 1.08 bits per heavy atom. The van der Waals surface area contributed by atoms with Crippen molar-refractivity contribution >= 4 is 29.0 Å². The molecule has 0 fully saturated rings. The predicted octanol–water partition coefficient (Wildman–Crippen LogP) is 3.10. The van der Waals surface area contributed by atoms with Gasteiger partial charge in [-0.2, -0.15) is 0 Å². The summed E-state index contributed by atoms with van der Waals surface area (Å²) in [5.74, 6) is 0.163. The third-order valence-electron chi connectivity index (χ3n) is 3.41. The van der Waals surface area contributed by atoms with Gasteiger partial charge >= 0.3 is 0 Å². The first-order chi connectivity index (χ1) is 12.1. The van der Waals surface area contributed by atoms with Crippen LogP contribution in [-0.2, 0) is 4.79 Å². The number of aromatic nitrogens is 2. The van der Waals surface area contributed by atoms with Gasteiger partial charge in [-0.3, -0.25) is 9.59 Å². The van der Waals surface area contributed by atoms with Crippen molar-refractivity contribution in [2.24, 2.45) is 0 Å². The summed E-state index contributed by atoms with van der Waals surface area (Å²) in [5.41, 5.74) is 1.74. The summed E-state index contributed by atoms with van der Waals surface area (Å²) in [6.07, 6.45) is 6.10. The molecule has 0 atom stereocenters. The zero-order chi connectivity index (χ0) is 18.1. The van der Waals surface area contributed by atoms with E-state index in [1.165, 1.54) is 19.3 Å². The van der Waals surface area contributed by atoms with E-state index in [9.17, 15) is 9.59 Å². The highest BCUT2D eigenvalue weighted by Crippen LogP contribution is 2.18. The van der Waals surface area contributed by atoms with Crippen molar-refractivity contribution in [1.82, 2.24) is 15.3 Å². The summed E-state index contributed by atoms with van der Waals surface area (Å²) in [7, 11) is 0. The largest absolute Gasteiger partial charge is 0.351 e. The molecule has 1 heterocycles. The summed E-state index contributed by atoms with van der Waals surface area (Å²) < 4.78 is 0. The number of anilines is 3. The summed E-state index contributed by atoms with van der Waals surface area (Å²) in [6, 6.07) is 7.25. The second-order valence-electron chi connectivity index (χ2n) is 5.64. The first kappa shape index (κ1) is 18.4. The Balaban J connectivity index is 1.94. The molecular formula is C18H23N5O2. The molecule has 1 aromatic carbocycles. The van der Waals surface area contributed by atoms with Crippen LogP contribution in [0.15, 0.2) is 36.7 Å². The zero-order valence-electron chi connectivity index (χ0n) is 14.5. The topological polar surface area (TPSA) is 96.0 Å². The van der Waals surface area contributed by atoms with Gasteiger partial charge in [-0.15, -0.1) is 0 Å². The molecule has 0 saturated heterocycles. The molecule has 25 heavy (non-hydrogen) atoms. The van der Waals surface area contributed by atoms with Crippen LogP contribution >= 0.6 is 0 Å². The quantitative estimate of drug-likeness (QED) is 0.641. The molecule has 0 unspecified atom stereocenters. The van der Waals surface area contributed by atoms with E-state index in [2.05, 4.69) is 32.8 Å². The minimum absolute atomic E-state index is 0.133. The number of hydrogen-bond acceptors (Lipinski definition) is 5. The number of unbranched alkanes of at least 4 members (excludes halogenated alkanes) is 2. The number of carbonyl (C=O) groups excluding carboxylic acids is 2. The van der Waals surface area contributed by atoms with Gasteiger partial charge in [0.1, 0.15) is 11.5 Å². The van der Waals surface area contributed by atoms with Crippen molar-refractivity contribution in [3.63, 3.8) is 0 Å². The number of amides is 2. The maximum Gasteiger partial charge on any atom is 0.271 e. The average Bonchev–Trinajstić information content (AvgIpc) is 2.59. The number of rotatable bonds is 8. The zero-order valence-corrected chi connectivity index (χ0v) is 14.5. The average molecular weight is 341 g/mol. The molecule has 7 heteroatoms. The van der Waals surface area contributed by atoms with Crippen molar-refractivity contribution in [2.45, 2.75) is 33.1 Å². The molecule has 0 aliphatic heterocycles. The Morgan fingerprint density at radius 3 is 2.56 bits per heavy atom. The first-order valence-corrected chi connectivity index (χ1v) is 8.33. The van der Waals surface area contributed by atoms with Crippen LogP contribution in [0.4, 0.5) is 17.2 Å². The molecule has 132 valence electrons. The monoisotopic (exact) mass is 341 g/mol. The molecule has 1 aromatic heterocycles. The minimum Gasteiger partial charge on any atom is -0.351 e. The molecule has 2 rings (SSSR count). The van der Waals surface area contributed by atoms with Crippen molar-refractivity contribution in [3.8, 4) is 0 Å². The van der Waals surface area contributed by atoms with E-state index in [0.29, 0.717) is 18.1 Å². The fourth-order valence-electron chi connectivity index (χ4n) is 2.20. The highest BCUT2D eigenvalue weighted by Gasteiger charge is 2.07. The summed E-state index contributed by atoms with van der Waals surface area (Å²) in [5, 5.41) is 8.63. The number of nitrogens with one attached hydrogen (secondary N) is 3. The fraction of sp³-hybridized carbons (Fsp3) is 0.333. The van der Waals surface area contributed by atoms with E-state index in [1.807, 2.05) is 12.1 Å². The molecule has 0 aliphatic carbocycles. The number of carbonyl (C=O) groups is 2. The van der Waals surface area contributed by atoms with Crippen molar-refractivity contribution in [1.29, 1.82) is 0 Å². The Bertz CT molecular complexity index is 716. The molecule has 0 radical (unpaired) electrons. The lowest BCUT2D eigenvalue weighted by atomic mass is 10.2. The lowest BCUT2D eigenvalue weighted by molar-refractivity contribution is -0.114. The van der Waals surface area contributed by atoms with Crippen LogP contribution in [0.3, 0.4) is 0 Å². The molecule has 0 saturated carbocycles. The number of hydrogen-bond donors (Lipinski definition) is 3. The smallest absolute Gasteiger partial charge is 0.271 e. The van der Waals surface area contributed by atoms with Gasteiger partial charge in [0.15, 0.2) is 0 Å². The summed E-state index contributed by atoms with van der Waals surface area (Å²) >= 11 is 0. The molecule has 2 amide bonds. The summed E-state index contributed by atoms with van der Waals surface area (Å²) in [6.45, 7) is 4.22. The standard InChI is InChI=1S/C18H23N5O2/c1-3-4-5-9-19-18(25)16-11-21-17(12-20-16)23-15-8-6-7-14(10-15)22-13(2)24/h6-8,10-12H,3-5,9H2,1-2H3,(H,19,25)(H,21,23)(H,22,24). The lowest BCUT2D eigenvalue weighted by Crippen LogP contribution is -2.25. The number of benzene rings is 1. The van der Waals surface area contributed by atoms with Crippen molar-refractivity contribution < 1.29 is 9.59 Å². The minimum atomic E-state index is -0.220. The second-order valence-corrected chi connectivity index (χ2v) is 5.64. The van der Waals surface area contributed by atoms with Crippen molar-refractivity contribution in [2.75, 3.05) is 17.2 Å². The maximum atomic E-state index is 12.0. The SMILES string of the molecule is CCCCCNC(=O)c1cnc(Nc2cccc(NC(C)=O)c2)cn1. The van der Waals surface area contributed by atoms with Crippen LogP contribution in [0.2, 0.25) is 0 Å². The van der Waals surface area contributed by atoms with Crippen LogP contribution in [0.25, 0.3) is 0 Å². The molecule has 0 aliphatic rings. The van der Waals surface area contributed by atoms with Gasteiger partial charge in [0.2, 0.25) is 5.91 Å². The third kappa shape index (κ3) is 6.21. The summed E-state index contributed by atoms with van der Waals surface area (Å²) in [4.78, 5) is 31.4. The molecular weight excluding hydrogens is 318 g/mol. The van der Waals surface area contributed by atoms with E-state index in [1.54, 1.807) is 12.1 Å². The van der Waals surface area contributed by atoms with E-state index >= 15 is 0 Å². The Morgan fingerprint density at radius 2 is 1.88 bits per heavy atom. The molecule has 0 bridgehead atoms. The normalized spacial score (nSPS) is 10.2. The van der Waals surface area contributed by atoms with Crippen LogP contribution < -0.4 is 16.0 Å². The molecule has 3 N–H and O–H groups in total. The van der Waals surface area contributed by atoms with Crippen LogP contribution in [0.5, 0.6) is 0 Å². The van der Waals surface area contributed by atoms with E-state index < -0.39 is 0 Å². The highest BCUT2D eigenvalue weighted by molar-refractivity contribution is 5.92. The fourth-order valence-corrected chi connectivity index (χ4v) is 2.20. The Kier molecular flexibility index (Phi) is 6.88. The number of nitrogens with zero attached hydrogens (tertiary/aromatic N) is 2. The van der Waals surface area contributed by atoms with Gasteiger partial charge in [0.25, 0.3) is 5.91 Å². The van der Waals surface area contributed by atoms with Gasteiger partial charge in [-0.05, 0) is 24.6 Å². The van der Waals surface area contributed by atoms with E-state index in [-0.39, 0.29) is 17.5 Å². The predicted molar refractivity (Wildman–Crippen MR) is 97.9 cm³/mol. The molecule has 7 nitrogen and oxygen atoms in total. The lowest BCUT2D eigenvalue weighted by Gasteiger charge is -2.08. The van der Waals surface area contributed by atoms with Crippen molar-refractivity contribution in [3.05, 3.63) is 42.4 Å². The molecule has 2 aromatic rings. The van der Waals surface area contributed by atoms with Gasteiger partial charge in [-0.25, -0.2) is 9.97 Å². The molecule has 0 spiro atoms.